The molecule has 3 nitrogen and oxygen atoms in total. The Morgan fingerprint density at radius 3 is 2.63 bits per heavy atom. The third-order valence-electron chi connectivity index (χ3n) is 2.89. The van der Waals surface area contributed by atoms with Gasteiger partial charge in [0.05, 0.1) is 6.61 Å². The molecule has 6 heteroatoms. The summed E-state index contributed by atoms with van der Waals surface area (Å²) in [6, 6.07) is 8.21. The van der Waals surface area contributed by atoms with Gasteiger partial charge in [-0.15, -0.1) is 24.8 Å². The molecule has 1 aliphatic heterocycles. The molecule has 19 heavy (non-hydrogen) atoms. The van der Waals surface area contributed by atoms with Gasteiger partial charge in [-0.3, -0.25) is 0 Å². The summed E-state index contributed by atoms with van der Waals surface area (Å²) in [7, 11) is 0. The third kappa shape index (κ3) is 7.56. The molecule has 1 aliphatic rings. The molecule has 1 aromatic rings. The number of ether oxygens (including phenoxy) is 1. The lowest BCUT2D eigenvalue weighted by Gasteiger charge is -2.26. The fraction of sp³-hybridized carbons (Fsp3) is 0.538. The van der Waals surface area contributed by atoms with Crippen LogP contribution in [-0.2, 0) is 0 Å². The average molecular weight is 419 g/mol. The molecule has 1 saturated heterocycles. The maximum atomic E-state index is 5.73. The lowest BCUT2D eigenvalue weighted by molar-refractivity contribution is 0.214. The van der Waals surface area contributed by atoms with Crippen molar-refractivity contribution in [3.8, 4) is 5.75 Å². The standard InChI is InChI=1S/C13H19IN2O.2ClH/c14-12-3-1-4-13(11-12)17-10-2-7-16-8-5-15-6-9-16;;/h1,3-4,11,15H,2,5-10H2;2*1H. The molecule has 0 bridgehead atoms. The van der Waals surface area contributed by atoms with E-state index in [9.17, 15) is 0 Å². The lowest BCUT2D eigenvalue weighted by atomic mass is 10.3. The molecular formula is C13H21Cl2IN2O. The van der Waals surface area contributed by atoms with Crippen LogP contribution in [0.5, 0.6) is 5.75 Å². The lowest BCUT2D eigenvalue weighted by Crippen LogP contribution is -2.43. The number of hydrogen-bond acceptors (Lipinski definition) is 3. The van der Waals surface area contributed by atoms with E-state index in [4.69, 9.17) is 4.74 Å². The van der Waals surface area contributed by atoms with Gasteiger partial charge in [0, 0.05) is 36.3 Å². The summed E-state index contributed by atoms with van der Waals surface area (Å²) in [6.07, 6.45) is 1.10. The number of rotatable bonds is 5. The summed E-state index contributed by atoms with van der Waals surface area (Å²) in [6.45, 7) is 6.54. The first-order valence-electron chi connectivity index (χ1n) is 6.16. The molecular weight excluding hydrogens is 398 g/mol. The highest BCUT2D eigenvalue weighted by Crippen LogP contribution is 2.14. The van der Waals surface area contributed by atoms with Gasteiger partial charge in [-0.1, -0.05) is 6.07 Å². The largest absolute Gasteiger partial charge is 0.494 e. The van der Waals surface area contributed by atoms with Crippen LogP contribution in [0.3, 0.4) is 0 Å². The fourth-order valence-corrected chi connectivity index (χ4v) is 2.48. The highest BCUT2D eigenvalue weighted by atomic mass is 127. The van der Waals surface area contributed by atoms with E-state index < -0.39 is 0 Å². The number of piperazine rings is 1. The van der Waals surface area contributed by atoms with Crippen LogP contribution in [-0.4, -0.2) is 44.2 Å². The molecule has 0 radical (unpaired) electrons. The van der Waals surface area contributed by atoms with E-state index in [-0.39, 0.29) is 24.8 Å². The zero-order chi connectivity index (χ0) is 11.9. The minimum Gasteiger partial charge on any atom is -0.494 e. The Labute approximate surface area is 141 Å². The van der Waals surface area contributed by atoms with Gasteiger partial charge in [0.2, 0.25) is 0 Å². The van der Waals surface area contributed by atoms with Crippen molar-refractivity contribution in [1.82, 2.24) is 10.2 Å². The van der Waals surface area contributed by atoms with Crippen molar-refractivity contribution in [3.63, 3.8) is 0 Å². The summed E-state index contributed by atoms with van der Waals surface area (Å²) in [5.74, 6) is 0.984. The van der Waals surface area contributed by atoms with Gasteiger partial charge in [-0.25, -0.2) is 0 Å². The second-order valence-corrected chi connectivity index (χ2v) is 5.50. The minimum absolute atomic E-state index is 0. The molecule has 1 heterocycles. The molecule has 0 amide bonds. The molecule has 110 valence electrons. The molecule has 0 aromatic heterocycles. The molecule has 1 aromatic carbocycles. The highest BCUT2D eigenvalue weighted by Gasteiger charge is 2.08. The summed E-state index contributed by atoms with van der Waals surface area (Å²) < 4.78 is 6.96. The van der Waals surface area contributed by atoms with Gasteiger partial charge >= 0.3 is 0 Å². The van der Waals surface area contributed by atoms with Crippen LogP contribution in [0.25, 0.3) is 0 Å². The van der Waals surface area contributed by atoms with Crippen LogP contribution >= 0.6 is 47.4 Å². The first-order chi connectivity index (χ1) is 8.34. The van der Waals surface area contributed by atoms with Crippen molar-refractivity contribution in [2.75, 3.05) is 39.3 Å². The van der Waals surface area contributed by atoms with Crippen LogP contribution in [0, 0.1) is 3.57 Å². The number of nitrogens with zero attached hydrogens (tertiary/aromatic N) is 1. The van der Waals surface area contributed by atoms with E-state index in [2.05, 4.69) is 44.9 Å². The number of hydrogen-bond donors (Lipinski definition) is 1. The fourth-order valence-electron chi connectivity index (χ4n) is 1.97. The van der Waals surface area contributed by atoms with Gasteiger partial charge < -0.3 is 15.0 Å². The second-order valence-electron chi connectivity index (χ2n) is 4.25. The molecule has 0 unspecified atom stereocenters. The Bertz CT molecular complexity index is 349. The first-order valence-corrected chi connectivity index (χ1v) is 7.24. The predicted molar refractivity (Wildman–Crippen MR) is 93.1 cm³/mol. The number of nitrogens with one attached hydrogen (secondary N) is 1. The smallest absolute Gasteiger partial charge is 0.120 e. The highest BCUT2D eigenvalue weighted by molar-refractivity contribution is 14.1. The normalized spacial score (nSPS) is 15.2. The van der Waals surface area contributed by atoms with Gasteiger partial charge in [0.25, 0.3) is 0 Å². The van der Waals surface area contributed by atoms with Crippen LogP contribution < -0.4 is 10.1 Å². The Morgan fingerprint density at radius 1 is 1.21 bits per heavy atom. The van der Waals surface area contributed by atoms with Gasteiger partial charge in [-0.05, 0) is 47.2 Å². The van der Waals surface area contributed by atoms with Crippen molar-refractivity contribution in [1.29, 1.82) is 0 Å². The quantitative estimate of drug-likeness (QED) is 0.587. The molecule has 0 saturated carbocycles. The summed E-state index contributed by atoms with van der Waals surface area (Å²) in [5.41, 5.74) is 0. The number of halogens is 3. The van der Waals surface area contributed by atoms with Gasteiger partial charge in [-0.2, -0.15) is 0 Å². The van der Waals surface area contributed by atoms with E-state index in [1.54, 1.807) is 0 Å². The van der Waals surface area contributed by atoms with Gasteiger partial charge in [0.15, 0.2) is 0 Å². The molecule has 1 N–H and O–H groups in total. The monoisotopic (exact) mass is 418 g/mol. The van der Waals surface area contributed by atoms with Crippen molar-refractivity contribution in [3.05, 3.63) is 27.8 Å². The zero-order valence-electron chi connectivity index (χ0n) is 10.8. The SMILES string of the molecule is Cl.Cl.Ic1cccc(OCCCN2CCNCC2)c1. The molecule has 1 fully saturated rings. The average Bonchev–Trinajstić information content (AvgIpc) is 2.36. The van der Waals surface area contributed by atoms with Crippen LogP contribution in [0.4, 0.5) is 0 Å². The minimum atomic E-state index is 0. The maximum Gasteiger partial charge on any atom is 0.120 e. The summed E-state index contributed by atoms with van der Waals surface area (Å²) >= 11 is 2.31. The second kappa shape index (κ2) is 11.0. The van der Waals surface area contributed by atoms with Crippen LogP contribution in [0.15, 0.2) is 24.3 Å². The summed E-state index contributed by atoms with van der Waals surface area (Å²) in [5, 5.41) is 3.36. The molecule has 0 spiro atoms. The Balaban J connectivity index is 0.00000162. The van der Waals surface area contributed by atoms with E-state index in [1.807, 2.05) is 12.1 Å². The van der Waals surface area contributed by atoms with Crippen molar-refractivity contribution < 1.29 is 4.74 Å². The Kier molecular flexibility index (Phi) is 11.1. The zero-order valence-corrected chi connectivity index (χ0v) is 14.6. The third-order valence-corrected chi connectivity index (χ3v) is 3.56. The van der Waals surface area contributed by atoms with E-state index in [1.165, 1.54) is 16.7 Å². The first kappa shape index (κ1) is 19.2. The van der Waals surface area contributed by atoms with E-state index in [0.29, 0.717) is 0 Å². The topological polar surface area (TPSA) is 24.5 Å². The van der Waals surface area contributed by atoms with Crippen molar-refractivity contribution in [2.24, 2.45) is 0 Å². The molecule has 2 rings (SSSR count). The van der Waals surface area contributed by atoms with E-state index in [0.717, 1.165) is 38.4 Å². The predicted octanol–water partition coefficient (Wildman–Crippen LogP) is 2.81. The summed E-state index contributed by atoms with van der Waals surface area (Å²) in [4.78, 5) is 2.49. The number of benzene rings is 1. The van der Waals surface area contributed by atoms with Crippen molar-refractivity contribution in [2.45, 2.75) is 6.42 Å². The Morgan fingerprint density at radius 2 is 1.95 bits per heavy atom. The maximum absolute atomic E-state index is 5.73. The van der Waals surface area contributed by atoms with E-state index >= 15 is 0 Å². The van der Waals surface area contributed by atoms with Crippen molar-refractivity contribution >= 4 is 47.4 Å². The Hall–Kier alpha value is 0.250. The molecule has 0 aliphatic carbocycles. The van der Waals surface area contributed by atoms with Gasteiger partial charge in [0.1, 0.15) is 5.75 Å². The van der Waals surface area contributed by atoms with Crippen LogP contribution in [0.1, 0.15) is 6.42 Å². The molecule has 0 atom stereocenters. The van der Waals surface area contributed by atoms with Crippen LogP contribution in [0.2, 0.25) is 0 Å².